The van der Waals surface area contributed by atoms with Crippen LogP contribution >= 0.6 is 0 Å². The van der Waals surface area contributed by atoms with Gasteiger partial charge in [-0.05, 0) is 24.6 Å². The lowest BCUT2D eigenvalue weighted by molar-refractivity contribution is 0.346. The first kappa shape index (κ1) is 13.4. The van der Waals surface area contributed by atoms with Crippen LogP contribution in [0.5, 0.6) is 11.5 Å². The first-order chi connectivity index (χ1) is 9.11. The van der Waals surface area contributed by atoms with Gasteiger partial charge in [0, 0.05) is 5.56 Å². The third-order valence-electron chi connectivity index (χ3n) is 2.86. The van der Waals surface area contributed by atoms with Crippen molar-refractivity contribution in [2.75, 3.05) is 0 Å². The minimum Gasteiger partial charge on any atom is -0.504 e. The van der Waals surface area contributed by atoms with Gasteiger partial charge in [-0.3, -0.25) is 0 Å². The van der Waals surface area contributed by atoms with Gasteiger partial charge in [0.05, 0.1) is 6.04 Å². The molecular formula is C13H17N3O3. The summed E-state index contributed by atoms with van der Waals surface area (Å²) < 4.78 is 5.12. The van der Waals surface area contributed by atoms with Gasteiger partial charge in [0.1, 0.15) is 0 Å². The van der Waals surface area contributed by atoms with E-state index in [2.05, 4.69) is 17.1 Å². The maximum absolute atomic E-state index is 9.43. The van der Waals surface area contributed by atoms with Crippen molar-refractivity contribution in [1.82, 2.24) is 10.1 Å². The number of aromatic nitrogens is 2. The van der Waals surface area contributed by atoms with Crippen LogP contribution in [0.25, 0.3) is 11.4 Å². The van der Waals surface area contributed by atoms with Crippen LogP contribution in [0.4, 0.5) is 0 Å². The van der Waals surface area contributed by atoms with Crippen LogP contribution < -0.4 is 5.73 Å². The summed E-state index contributed by atoms with van der Waals surface area (Å²) in [5, 5.41) is 22.5. The van der Waals surface area contributed by atoms with E-state index in [1.807, 2.05) is 0 Å². The third kappa shape index (κ3) is 3.03. The molecule has 0 amide bonds. The SMILES string of the molecule is CCCCC(N)c1nc(-c2ccc(O)c(O)c2)no1. The van der Waals surface area contributed by atoms with Crippen molar-refractivity contribution in [1.29, 1.82) is 0 Å². The molecule has 6 heteroatoms. The zero-order chi connectivity index (χ0) is 13.8. The molecule has 1 atom stereocenters. The molecule has 0 radical (unpaired) electrons. The Morgan fingerprint density at radius 1 is 1.32 bits per heavy atom. The minimum atomic E-state index is -0.271. The van der Waals surface area contributed by atoms with Crippen molar-refractivity contribution in [3.05, 3.63) is 24.1 Å². The summed E-state index contributed by atoms with van der Waals surface area (Å²) in [6, 6.07) is 4.08. The van der Waals surface area contributed by atoms with E-state index in [0.717, 1.165) is 19.3 Å². The van der Waals surface area contributed by atoms with Crippen LogP contribution in [-0.2, 0) is 0 Å². The second kappa shape index (κ2) is 5.71. The van der Waals surface area contributed by atoms with Crippen LogP contribution in [0, 0.1) is 0 Å². The first-order valence-corrected chi connectivity index (χ1v) is 6.23. The number of nitrogens with two attached hydrogens (primary N) is 1. The van der Waals surface area contributed by atoms with Crippen LogP contribution in [0.2, 0.25) is 0 Å². The van der Waals surface area contributed by atoms with Crippen molar-refractivity contribution in [2.24, 2.45) is 5.73 Å². The number of rotatable bonds is 5. The quantitative estimate of drug-likeness (QED) is 0.715. The van der Waals surface area contributed by atoms with Crippen molar-refractivity contribution in [2.45, 2.75) is 32.2 Å². The summed E-state index contributed by atoms with van der Waals surface area (Å²) in [5.41, 5.74) is 6.50. The zero-order valence-electron chi connectivity index (χ0n) is 10.7. The number of hydrogen-bond acceptors (Lipinski definition) is 6. The number of phenols is 2. The molecule has 0 fully saturated rings. The molecule has 4 N–H and O–H groups in total. The molecule has 0 saturated heterocycles. The summed E-state index contributed by atoms with van der Waals surface area (Å²) in [6.45, 7) is 2.09. The standard InChI is InChI=1S/C13H17N3O3/c1-2-3-4-9(14)13-15-12(16-19-13)8-5-6-10(17)11(18)7-8/h5-7,9,17-18H,2-4,14H2,1H3. The van der Waals surface area contributed by atoms with E-state index in [1.165, 1.54) is 12.1 Å². The number of benzene rings is 1. The highest BCUT2D eigenvalue weighted by atomic mass is 16.5. The van der Waals surface area contributed by atoms with E-state index in [-0.39, 0.29) is 17.5 Å². The van der Waals surface area contributed by atoms with E-state index in [1.54, 1.807) is 6.07 Å². The van der Waals surface area contributed by atoms with E-state index in [0.29, 0.717) is 17.3 Å². The Labute approximate surface area is 110 Å². The van der Waals surface area contributed by atoms with Gasteiger partial charge in [-0.15, -0.1) is 0 Å². The monoisotopic (exact) mass is 263 g/mol. The topological polar surface area (TPSA) is 105 Å². The fourth-order valence-corrected chi connectivity index (χ4v) is 1.71. The lowest BCUT2D eigenvalue weighted by Crippen LogP contribution is -2.10. The van der Waals surface area contributed by atoms with Gasteiger partial charge in [0.15, 0.2) is 11.5 Å². The molecule has 2 rings (SSSR count). The van der Waals surface area contributed by atoms with Crippen LogP contribution in [0.15, 0.2) is 22.7 Å². The number of nitrogens with zero attached hydrogens (tertiary/aromatic N) is 2. The van der Waals surface area contributed by atoms with Gasteiger partial charge in [-0.25, -0.2) is 0 Å². The highest BCUT2D eigenvalue weighted by Gasteiger charge is 2.15. The Kier molecular flexibility index (Phi) is 4.01. The van der Waals surface area contributed by atoms with Crippen LogP contribution in [0.1, 0.15) is 38.1 Å². The van der Waals surface area contributed by atoms with Gasteiger partial charge in [0.2, 0.25) is 11.7 Å². The average molecular weight is 263 g/mol. The Morgan fingerprint density at radius 3 is 2.79 bits per heavy atom. The predicted octanol–water partition coefficient (Wildman–Crippen LogP) is 2.34. The molecule has 2 aromatic rings. The van der Waals surface area contributed by atoms with Crippen LogP contribution in [0.3, 0.4) is 0 Å². The molecular weight excluding hydrogens is 246 g/mol. The minimum absolute atomic E-state index is 0.188. The molecule has 102 valence electrons. The van der Waals surface area contributed by atoms with Gasteiger partial charge in [-0.1, -0.05) is 24.9 Å². The van der Waals surface area contributed by atoms with E-state index < -0.39 is 0 Å². The molecule has 0 aliphatic carbocycles. The molecule has 1 heterocycles. The van der Waals surface area contributed by atoms with Gasteiger partial charge >= 0.3 is 0 Å². The summed E-state index contributed by atoms with van der Waals surface area (Å²) in [6.07, 6.45) is 2.85. The molecule has 19 heavy (non-hydrogen) atoms. The smallest absolute Gasteiger partial charge is 0.243 e. The Hall–Kier alpha value is -2.08. The molecule has 0 spiro atoms. The molecule has 6 nitrogen and oxygen atoms in total. The van der Waals surface area contributed by atoms with Crippen LogP contribution in [-0.4, -0.2) is 20.4 Å². The van der Waals surface area contributed by atoms with E-state index in [9.17, 15) is 10.2 Å². The third-order valence-corrected chi connectivity index (χ3v) is 2.86. The highest BCUT2D eigenvalue weighted by molar-refractivity contribution is 5.59. The Morgan fingerprint density at radius 2 is 2.11 bits per heavy atom. The largest absolute Gasteiger partial charge is 0.504 e. The summed E-state index contributed by atoms with van der Waals surface area (Å²) in [7, 11) is 0. The van der Waals surface area contributed by atoms with Crippen molar-refractivity contribution < 1.29 is 14.7 Å². The molecule has 1 aromatic carbocycles. The number of hydrogen-bond donors (Lipinski definition) is 3. The molecule has 0 aliphatic rings. The average Bonchev–Trinajstić information content (AvgIpc) is 2.89. The van der Waals surface area contributed by atoms with Gasteiger partial charge in [-0.2, -0.15) is 4.98 Å². The normalized spacial score (nSPS) is 12.5. The van der Waals surface area contributed by atoms with Gasteiger partial charge < -0.3 is 20.5 Å². The van der Waals surface area contributed by atoms with Gasteiger partial charge in [0.25, 0.3) is 0 Å². The zero-order valence-corrected chi connectivity index (χ0v) is 10.7. The molecule has 0 aliphatic heterocycles. The lowest BCUT2D eigenvalue weighted by Gasteiger charge is -2.03. The number of phenolic OH excluding ortho intramolecular Hbond substituents is 2. The summed E-state index contributed by atoms with van der Waals surface area (Å²) in [5.74, 6) is 0.319. The maximum atomic E-state index is 9.43. The Balaban J connectivity index is 2.18. The Bertz CT molecular complexity index is 554. The second-order valence-corrected chi connectivity index (χ2v) is 4.41. The van der Waals surface area contributed by atoms with E-state index in [4.69, 9.17) is 10.3 Å². The van der Waals surface area contributed by atoms with E-state index >= 15 is 0 Å². The highest BCUT2D eigenvalue weighted by Crippen LogP contribution is 2.29. The van der Waals surface area contributed by atoms with Crippen molar-refractivity contribution in [3.63, 3.8) is 0 Å². The van der Waals surface area contributed by atoms with Crippen molar-refractivity contribution in [3.8, 4) is 22.9 Å². The molecule has 0 bridgehead atoms. The summed E-state index contributed by atoms with van der Waals surface area (Å²) in [4.78, 5) is 4.21. The molecule has 0 saturated carbocycles. The maximum Gasteiger partial charge on any atom is 0.243 e. The number of aromatic hydroxyl groups is 2. The first-order valence-electron chi connectivity index (χ1n) is 6.23. The van der Waals surface area contributed by atoms with Crippen molar-refractivity contribution >= 4 is 0 Å². The molecule has 1 aromatic heterocycles. The fourth-order valence-electron chi connectivity index (χ4n) is 1.71. The molecule has 1 unspecified atom stereocenters. The fraction of sp³-hybridized carbons (Fsp3) is 0.385. The number of unbranched alkanes of at least 4 members (excludes halogenated alkanes) is 1. The summed E-state index contributed by atoms with van der Waals surface area (Å²) >= 11 is 0. The second-order valence-electron chi connectivity index (χ2n) is 4.41. The lowest BCUT2D eigenvalue weighted by atomic mass is 10.1. The predicted molar refractivity (Wildman–Crippen MR) is 69.5 cm³/mol.